The van der Waals surface area contributed by atoms with Crippen LogP contribution in [-0.4, -0.2) is 60.3 Å². The third kappa shape index (κ3) is 4.10. The highest BCUT2D eigenvalue weighted by Gasteiger charge is 2.22. The summed E-state index contributed by atoms with van der Waals surface area (Å²) in [6.07, 6.45) is 2.88. The van der Waals surface area contributed by atoms with Gasteiger partial charge in [-0.2, -0.15) is 0 Å². The highest BCUT2D eigenvalue weighted by Crippen LogP contribution is 2.24. The van der Waals surface area contributed by atoms with Gasteiger partial charge >= 0.3 is 0 Å². The highest BCUT2D eigenvalue weighted by molar-refractivity contribution is 6.32. The average Bonchev–Trinajstić information content (AvgIpc) is 2.98. The van der Waals surface area contributed by atoms with E-state index in [9.17, 15) is 5.11 Å². The minimum absolute atomic E-state index is 0.154. The van der Waals surface area contributed by atoms with Crippen molar-refractivity contribution in [2.75, 3.05) is 39.3 Å². The number of rotatable bonds is 4. The highest BCUT2D eigenvalue weighted by atomic mass is 35.5. The minimum Gasteiger partial charge on any atom is -0.506 e. The van der Waals surface area contributed by atoms with Gasteiger partial charge in [0, 0.05) is 45.9 Å². The third-order valence-corrected chi connectivity index (χ3v) is 4.67. The SMILES string of the molecule is Oc1ccc(CN2CCN(CC3CCCO3)CC2)cc1Cl. The van der Waals surface area contributed by atoms with Crippen LogP contribution < -0.4 is 0 Å². The molecule has 2 heterocycles. The Labute approximate surface area is 131 Å². The first-order chi connectivity index (χ1) is 10.2. The maximum absolute atomic E-state index is 9.46. The van der Waals surface area contributed by atoms with Gasteiger partial charge in [0.25, 0.3) is 0 Å². The summed E-state index contributed by atoms with van der Waals surface area (Å²) >= 11 is 5.96. The van der Waals surface area contributed by atoms with Crippen LogP contribution >= 0.6 is 11.6 Å². The van der Waals surface area contributed by atoms with Gasteiger partial charge in [-0.15, -0.1) is 0 Å². The molecule has 2 saturated heterocycles. The van der Waals surface area contributed by atoms with E-state index in [4.69, 9.17) is 16.3 Å². The van der Waals surface area contributed by atoms with Crippen molar-refractivity contribution < 1.29 is 9.84 Å². The van der Waals surface area contributed by atoms with Crippen molar-refractivity contribution in [3.8, 4) is 5.75 Å². The van der Waals surface area contributed by atoms with Crippen LogP contribution in [0.1, 0.15) is 18.4 Å². The van der Waals surface area contributed by atoms with Crippen molar-refractivity contribution in [3.63, 3.8) is 0 Å². The molecule has 1 aromatic carbocycles. The fourth-order valence-electron chi connectivity index (χ4n) is 3.11. The first-order valence-corrected chi connectivity index (χ1v) is 8.12. The number of phenols is 1. The Morgan fingerprint density at radius 3 is 2.62 bits per heavy atom. The Hall–Kier alpha value is -0.810. The monoisotopic (exact) mass is 310 g/mol. The van der Waals surface area contributed by atoms with E-state index in [0.29, 0.717) is 11.1 Å². The normalized spacial score (nSPS) is 24.5. The molecular formula is C16H23ClN2O2. The summed E-state index contributed by atoms with van der Waals surface area (Å²) in [6, 6.07) is 5.47. The van der Waals surface area contributed by atoms with E-state index < -0.39 is 0 Å². The van der Waals surface area contributed by atoms with Crippen molar-refractivity contribution in [2.24, 2.45) is 0 Å². The van der Waals surface area contributed by atoms with E-state index >= 15 is 0 Å². The van der Waals surface area contributed by atoms with Crippen LogP contribution in [0.2, 0.25) is 5.02 Å². The van der Waals surface area contributed by atoms with Crippen LogP contribution in [-0.2, 0) is 11.3 Å². The number of benzene rings is 1. The van der Waals surface area contributed by atoms with Gasteiger partial charge in [-0.1, -0.05) is 17.7 Å². The standard InChI is InChI=1S/C16H23ClN2O2/c17-15-10-13(3-4-16(15)20)11-18-5-7-19(8-6-18)12-14-2-1-9-21-14/h3-4,10,14,20H,1-2,5-9,11-12H2. The molecule has 0 radical (unpaired) electrons. The number of ether oxygens (including phenoxy) is 1. The lowest BCUT2D eigenvalue weighted by molar-refractivity contribution is 0.0489. The molecule has 0 spiro atoms. The maximum Gasteiger partial charge on any atom is 0.134 e. The van der Waals surface area contributed by atoms with E-state index in [1.807, 2.05) is 12.1 Å². The molecule has 1 N–H and O–H groups in total. The first kappa shape index (κ1) is 15.1. The maximum atomic E-state index is 9.46. The van der Waals surface area contributed by atoms with Crippen LogP contribution in [0, 0.1) is 0 Å². The molecule has 0 amide bonds. The Balaban J connectivity index is 1.45. The second-order valence-corrected chi connectivity index (χ2v) is 6.40. The molecule has 0 aromatic heterocycles. The zero-order valence-corrected chi connectivity index (χ0v) is 13.1. The molecule has 0 aliphatic carbocycles. The fraction of sp³-hybridized carbons (Fsp3) is 0.625. The van der Waals surface area contributed by atoms with Gasteiger partial charge in [-0.05, 0) is 30.5 Å². The van der Waals surface area contributed by atoms with Crippen molar-refractivity contribution in [1.82, 2.24) is 9.80 Å². The first-order valence-electron chi connectivity index (χ1n) is 7.74. The van der Waals surface area contributed by atoms with Gasteiger partial charge in [-0.3, -0.25) is 9.80 Å². The van der Waals surface area contributed by atoms with Crippen LogP contribution in [0.5, 0.6) is 5.75 Å². The zero-order valence-electron chi connectivity index (χ0n) is 12.3. The van der Waals surface area contributed by atoms with Crippen LogP contribution in [0.15, 0.2) is 18.2 Å². The number of aromatic hydroxyl groups is 1. The molecule has 5 heteroatoms. The number of halogens is 1. The lowest BCUT2D eigenvalue weighted by atomic mass is 10.1. The summed E-state index contributed by atoms with van der Waals surface area (Å²) < 4.78 is 5.71. The lowest BCUT2D eigenvalue weighted by Crippen LogP contribution is -2.48. The van der Waals surface area contributed by atoms with E-state index in [2.05, 4.69) is 9.80 Å². The Morgan fingerprint density at radius 2 is 1.95 bits per heavy atom. The molecule has 3 rings (SSSR count). The van der Waals surface area contributed by atoms with Crippen molar-refractivity contribution in [1.29, 1.82) is 0 Å². The number of nitrogens with zero attached hydrogens (tertiary/aromatic N) is 2. The molecule has 1 aromatic rings. The van der Waals surface area contributed by atoms with Gasteiger partial charge < -0.3 is 9.84 Å². The van der Waals surface area contributed by atoms with Crippen molar-refractivity contribution in [3.05, 3.63) is 28.8 Å². The quantitative estimate of drug-likeness (QED) is 0.926. The number of hydrogen-bond donors (Lipinski definition) is 1. The smallest absolute Gasteiger partial charge is 0.134 e. The molecule has 1 unspecified atom stereocenters. The Morgan fingerprint density at radius 1 is 1.19 bits per heavy atom. The van der Waals surface area contributed by atoms with Crippen LogP contribution in [0.3, 0.4) is 0 Å². The summed E-state index contributed by atoms with van der Waals surface area (Å²) in [6.45, 7) is 7.27. The molecule has 2 aliphatic heterocycles. The summed E-state index contributed by atoms with van der Waals surface area (Å²) in [5.41, 5.74) is 1.16. The van der Waals surface area contributed by atoms with Crippen LogP contribution in [0.4, 0.5) is 0 Å². The van der Waals surface area contributed by atoms with Gasteiger partial charge in [0.05, 0.1) is 11.1 Å². The minimum atomic E-state index is 0.154. The molecular weight excluding hydrogens is 288 g/mol. The summed E-state index contributed by atoms with van der Waals surface area (Å²) in [5.74, 6) is 0.154. The van der Waals surface area contributed by atoms with Gasteiger partial charge in [0.2, 0.25) is 0 Å². The predicted octanol–water partition coefficient (Wildman–Crippen LogP) is 2.34. The predicted molar refractivity (Wildman–Crippen MR) is 83.8 cm³/mol. The lowest BCUT2D eigenvalue weighted by Gasteiger charge is -2.35. The van der Waals surface area contributed by atoms with E-state index in [-0.39, 0.29) is 5.75 Å². The summed E-state index contributed by atoms with van der Waals surface area (Å²) in [7, 11) is 0. The molecule has 4 nitrogen and oxygen atoms in total. The number of piperazine rings is 1. The molecule has 0 saturated carbocycles. The van der Waals surface area contributed by atoms with E-state index in [1.54, 1.807) is 6.07 Å². The molecule has 116 valence electrons. The van der Waals surface area contributed by atoms with Crippen LogP contribution in [0.25, 0.3) is 0 Å². The summed E-state index contributed by atoms with van der Waals surface area (Å²) in [5, 5.41) is 9.89. The Bertz CT molecular complexity index is 469. The molecule has 0 bridgehead atoms. The molecule has 21 heavy (non-hydrogen) atoms. The fourth-order valence-corrected chi connectivity index (χ4v) is 3.32. The summed E-state index contributed by atoms with van der Waals surface area (Å²) in [4.78, 5) is 4.95. The molecule has 2 aliphatic rings. The van der Waals surface area contributed by atoms with Gasteiger partial charge in [0.15, 0.2) is 0 Å². The number of hydrogen-bond acceptors (Lipinski definition) is 4. The average molecular weight is 311 g/mol. The van der Waals surface area contributed by atoms with Gasteiger partial charge in [-0.25, -0.2) is 0 Å². The Kier molecular flexibility index (Phi) is 5.01. The second-order valence-electron chi connectivity index (χ2n) is 6.00. The van der Waals surface area contributed by atoms with E-state index in [0.717, 1.165) is 51.4 Å². The van der Waals surface area contributed by atoms with Crippen molar-refractivity contribution in [2.45, 2.75) is 25.5 Å². The van der Waals surface area contributed by atoms with Crippen molar-refractivity contribution >= 4 is 11.6 Å². The zero-order chi connectivity index (χ0) is 14.7. The molecule has 2 fully saturated rings. The largest absolute Gasteiger partial charge is 0.506 e. The van der Waals surface area contributed by atoms with Gasteiger partial charge in [0.1, 0.15) is 5.75 Å². The third-order valence-electron chi connectivity index (χ3n) is 4.37. The van der Waals surface area contributed by atoms with E-state index in [1.165, 1.54) is 12.8 Å². The number of phenolic OH excluding ortho intramolecular Hbond substituents is 1. The topological polar surface area (TPSA) is 35.9 Å². The molecule has 1 atom stereocenters. The second kappa shape index (κ2) is 6.97.